The molecule has 0 aliphatic rings. The third-order valence-electron chi connectivity index (χ3n) is 3.39. The maximum Gasteiger partial charge on any atom is 0.351 e. The summed E-state index contributed by atoms with van der Waals surface area (Å²) in [6.07, 6.45) is 4.79. The molecule has 0 saturated carbocycles. The Balaban J connectivity index is 2.08. The molecule has 6 heteroatoms. The molecule has 2 nitrogen and oxygen atoms in total. The van der Waals surface area contributed by atoms with E-state index in [1.807, 2.05) is 6.92 Å². The topological polar surface area (TPSA) is 26.3 Å². The van der Waals surface area contributed by atoms with Gasteiger partial charge in [0.15, 0.2) is 5.82 Å². The fourth-order valence-electron chi connectivity index (χ4n) is 2.14. The van der Waals surface area contributed by atoms with Crippen LogP contribution in [0, 0.1) is 5.82 Å². The Hall–Kier alpha value is -0.460. The summed E-state index contributed by atoms with van der Waals surface area (Å²) >= 11 is 5.97. The lowest BCUT2D eigenvalue weighted by Crippen LogP contribution is -2.17. The van der Waals surface area contributed by atoms with Crippen LogP contribution in [0.25, 0.3) is 10.1 Å². The average molecular weight is 393 g/mol. The highest BCUT2D eigenvalue weighted by molar-refractivity contribution is 9.11. The first-order valence-electron chi connectivity index (χ1n) is 7.14. The average Bonchev–Trinajstić information content (AvgIpc) is 2.99. The second kappa shape index (κ2) is 7.70. The number of hydrogen-bond acceptors (Lipinski definition) is 4. The van der Waals surface area contributed by atoms with Crippen molar-refractivity contribution in [2.24, 2.45) is 0 Å². The Morgan fingerprint density at radius 3 is 2.81 bits per heavy atom. The molecule has 2 aromatic heterocycles. The quantitative estimate of drug-likeness (QED) is 0.403. The van der Waals surface area contributed by atoms with Crippen molar-refractivity contribution < 1.29 is 13.9 Å². The number of carbonyl (C=O) groups is 1. The number of rotatable bonds is 7. The van der Waals surface area contributed by atoms with Crippen molar-refractivity contribution in [3.63, 3.8) is 0 Å². The monoisotopic (exact) mass is 392 g/mol. The highest BCUT2D eigenvalue weighted by Gasteiger charge is 2.24. The second-order valence-electron chi connectivity index (χ2n) is 4.93. The Morgan fingerprint density at radius 1 is 1.43 bits per heavy atom. The fraction of sp³-hybridized carbons (Fsp3) is 0.533. The number of esters is 1. The zero-order valence-corrected chi connectivity index (χ0v) is 15.3. The van der Waals surface area contributed by atoms with Gasteiger partial charge in [-0.3, -0.25) is 0 Å². The summed E-state index contributed by atoms with van der Waals surface area (Å²) in [4.78, 5) is 12.3. The van der Waals surface area contributed by atoms with Gasteiger partial charge in [-0.15, -0.1) is 22.7 Å². The summed E-state index contributed by atoms with van der Waals surface area (Å²) < 4.78 is 21.4. The SMILES string of the molecule is CCCCCC(CC)OC(=O)c1sc2c(Br)scc2c1F. The number of fused-ring (bicyclic) bond motifs is 1. The van der Waals surface area contributed by atoms with E-state index in [4.69, 9.17) is 4.74 Å². The van der Waals surface area contributed by atoms with E-state index in [1.54, 1.807) is 5.38 Å². The highest BCUT2D eigenvalue weighted by atomic mass is 79.9. The molecule has 1 unspecified atom stereocenters. The summed E-state index contributed by atoms with van der Waals surface area (Å²) in [5, 5.41) is 2.23. The van der Waals surface area contributed by atoms with Crippen LogP contribution in [0.2, 0.25) is 0 Å². The van der Waals surface area contributed by atoms with E-state index in [0.717, 1.165) is 51.9 Å². The van der Waals surface area contributed by atoms with Crippen LogP contribution in [0.15, 0.2) is 9.17 Å². The number of thiophene rings is 2. The number of unbranched alkanes of at least 4 members (excludes halogenated alkanes) is 2. The Morgan fingerprint density at radius 2 is 2.19 bits per heavy atom. The van der Waals surface area contributed by atoms with Crippen molar-refractivity contribution in [2.75, 3.05) is 0 Å². The van der Waals surface area contributed by atoms with Crippen molar-refractivity contribution in [3.05, 3.63) is 19.9 Å². The van der Waals surface area contributed by atoms with Crippen LogP contribution in [-0.4, -0.2) is 12.1 Å². The number of carbonyl (C=O) groups excluding carboxylic acids is 1. The molecule has 2 rings (SSSR count). The first-order valence-corrected chi connectivity index (χ1v) is 9.63. The van der Waals surface area contributed by atoms with Crippen molar-refractivity contribution >= 4 is 54.7 Å². The molecular formula is C15H18BrFO2S2. The summed E-state index contributed by atoms with van der Waals surface area (Å²) in [6.45, 7) is 4.13. The molecule has 116 valence electrons. The van der Waals surface area contributed by atoms with Crippen LogP contribution in [0.5, 0.6) is 0 Å². The van der Waals surface area contributed by atoms with Gasteiger partial charge in [-0.05, 0) is 35.2 Å². The van der Waals surface area contributed by atoms with Crippen LogP contribution < -0.4 is 0 Å². The van der Waals surface area contributed by atoms with Crippen LogP contribution >= 0.6 is 38.6 Å². The molecule has 0 aliphatic carbocycles. The molecule has 0 aliphatic heterocycles. The van der Waals surface area contributed by atoms with E-state index in [-0.39, 0.29) is 11.0 Å². The van der Waals surface area contributed by atoms with Gasteiger partial charge >= 0.3 is 5.97 Å². The zero-order chi connectivity index (χ0) is 15.4. The summed E-state index contributed by atoms with van der Waals surface area (Å²) in [5.74, 6) is -0.987. The molecule has 0 amide bonds. The van der Waals surface area contributed by atoms with Gasteiger partial charge in [0, 0.05) is 10.8 Å². The van der Waals surface area contributed by atoms with Crippen LogP contribution in [0.1, 0.15) is 55.6 Å². The largest absolute Gasteiger partial charge is 0.458 e. The summed E-state index contributed by atoms with van der Waals surface area (Å²) in [7, 11) is 0. The fourth-order valence-corrected chi connectivity index (χ4v) is 4.76. The molecule has 2 heterocycles. The first kappa shape index (κ1) is 16.9. The predicted molar refractivity (Wildman–Crippen MR) is 91.0 cm³/mol. The van der Waals surface area contributed by atoms with Crippen molar-refractivity contribution in [3.8, 4) is 0 Å². The maximum atomic E-state index is 14.2. The van der Waals surface area contributed by atoms with Gasteiger partial charge in [-0.2, -0.15) is 0 Å². The molecule has 1 atom stereocenters. The van der Waals surface area contributed by atoms with Crippen molar-refractivity contribution in [2.45, 2.75) is 52.1 Å². The molecule has 21 heavy (non-hydrogen) atoms. The van der Waals surface area contributed by atoms with Gasteiger partial charge < -0.3 is 4.74 Å². The van der Waals surface area contributed by atoms with Gasteiger partial charge in [-0.1, -0.05) is 26.7 Å². The lowest BCUT2D eigenvalue weighted by atomic mass is 10.1. The van der Waals surface area contributed by atoms with Gasteiger partial charge in [-0.25, -0.2) is 9.18 Å². The standard InChI is InChI=1S/C15H18BrFO2S2/c1-3-5-6-7-9(4-2)19-15(18)13-11(17)10-8-20-14(16)12(10)21-13/h8-9H,3-7H2,1-2H3. The van der Waals surface area contributed by atoms with E-state index in [0.29, 0.717) is 5.39 Å². The normalized spacial score (nSPS) is 12.8. The molecule has 0 bridgehead atoms. The maximum absolute atomic E-state index is 14.2. The van der Waals surface area contributed by atoms with Crippen LogP contribution in [0.3, 0.4) is 0 Å². The number of halogens is 2. The first-order chi connectivity index (χ1) is 10.1. The lowest BCUT2D eigenvalue weighted by molar-refractivity contribution is 0.0268. The number of hydrogen-bond donors (Lipinski definition) is 0. The summed E-state index contributed by atoms with van der Waals surface area (Å²) in [6, 6.07) is 0. The molecule has 0 aromatic carbocycles. The van der Waals surface area contributed by atoms with Crippen LogP contribution in [0.4, 0.5) is 4.39 Å². The lowest BCUT2D eigenvalue weighted by Gasteiger charge is -2.15. The van der Waals surface area contributed by atoms with Crippen LogP contribution in [-0.2, 0) is 4.74 Å². The van der Waals surface area contributed by atoms with E-state index < -0.39 is 11.8 Å². The minimum absolute atomic E-state index is 0.0856. The molecule has 0 N–H and O–H groups in total. The third-order valence-corrected chi connectivity index (χ3v) is 6.68. The van der Waals surface area contributed by atoms with Gasteiger partial charge in [0.2, 0.25) is 0 Å². The minimum Gasteiger partial charge on any atom is -0.458 e. The Bertz CT molecular complexity index is 620. The molecule has 0 saturated heterocycles. The van der Waals surface area contributed by atoms with E-state index in [9.17, 15) is 9.18 Å². The van der Waals surface area contributed by atoms with E-state index in [2.05, 4.69) is 22.9 Å². The van der Waals surface area contributed by atoms with Gasteiger partial charge in [0.05, 0.1) is 8.49 Å². The number of ether oxygens (including phenoxy) is 1. The molecule has 0 radical (unpaired) electrons. The predicted octanol–water partition coefficient (Wildman–Crippen LogP) is 6.38. The molecule has 0 spiro atoms. The van der Waals surface area contributed by atoms with Gasteiger partial charge in [0.1, 0.15) is 11.0 Å². The van der Waals surface area contributed by atoms with Crippen molar-refractivity contribution in [1.82, 2.24) is 0 Å². The second-order valence-corrected chi connectivity index (χ2v) is 8.15. The highest BCUT2D eigenvalue weighted by Crippen LogP contribution is 2.40. The third kappa shape index (κ3) is 3.85. The molecular weight excluding hydrogens is 375 g/mol. The van der Waals surface area contributed by atoms with E-state index in [1.165, 1.54) is 11.3 Å². The molecule has 0 fully saturated rings. The van der Waals surface area contributed by atoms with E-state index >= 15 is 0 Å². The van der Waals surface area contributed by atoms with Gasteiger partial charge in [0.25, 0.3) is 0 Å². The zero-order valence-electron chi connectivity index (χ0n) is 12.1. The smallest absolute Gasteiger partial charge is 0.351 e. The molecule has 2 aromatic rings. The summed E-state index contributed by atoms with van der Waals surface area (Å²) in [5.41, 5.74) is 0. The minimum atomic E-state index is -0.533. The Labute approximate surface area is 140 Å². The Kier molecular flexibility index (Phi) is 6.20. The van der Waals surface area contributed by atoms with Crippen molar-refractivity contribution in [1.29, 1.82) is 0 Å².